The monoisotopic (exact) mass is 275 g/mol. The predicted molar refractivity (Wildman–Crippen MR) is 81.0 cm³/mol. The van der Waals surface area contributed by atoms with Crippen molar-refractivity contribution in [2.75, 3.05) is 13.6 Å². The van der Waals surface area contributed by atoms with E-state index in [-0.39, 0.29) is 11.6 Å². The summed E-state index contributed by atoms with van der Waals surface area (Å²) < 4.78 is 2.02. The third-order valence-corrected chi connectivity index (χ3v) is 4.35. The third-order valence-electron chi connectivity index (χ3n) is 4.35. The molecular weight excluding hydrogens is 250 g/mol. The van der Waals surface area contributed by atoms with Gasteiger partial charge in [0.25, 0.3) is 5.56 Å². The minimum absolute atomic E-state index is 0.205. The quantitative estimate of drug-likeness (QED) is 0.908. The molecule has 20 heavy (non-hydrogen) atoms. The van der Waals surface area contributed by atoms with Crippen molar-refractivity contribution in [2.24, 2.45) is 0 Å². The maximum Gasteiger partial charge on any atom is 0.255 e. The van der Waals surface area contributed by atoms with Crippen molar-refractivity contribution in [2.45, 2.75) is 58.3 Å². The molecule has 4 heteroatoms. The maximum absolute atomic E-state index is 12.7. The summed E-state index contributed by atoms with van der Waals surface area (Å²) in [6.07, 6.45) is 3.49. The Hall–Kier alpha value is -1.13. The highest BCUT2D eigenvalue weighted by Gasteiger charge is 2.23. The normalized spacial score (nSPS) is 19.4. The molecule has 0 atom stereocenters. The first-order chi connectivity index (χ1) is 9.56. The summed E-state index contributed by atoms with van der Waals surface area (Å²) in [7, 11) is 2.15. The number of hydrogen-bond donors (Lipinski definition) is 1. The van der Waals surface area contributed by atoms with Crippen LogP contribution in [-0.2, 0) is 19.5 Å². The summed E-state index contributed by atoms with van der Waals surface area (Å²) in [6, 6.07) is 3.02. The van der Waals surface area contributed by atoms with E-state index in [2.05, 4.69) is 37.2 Å². The van der Waals surface area contributed by atoms with Crippen molar-refractivity contribution in [1.29, 1.82) is 0 Å². The van der Waals surface area contributed by atoms with E-state index in [1.54, 1.807) is 0 Å². The highest BCUT2D eigenvalue weighted by Crippen LogP contribution is 2.22. The number of hydrogen-bond acceptors (Lipinski definition) is 3. The Morgan fingerprint density at radius 3 is 2.80 bits per heavy atom. The molecule has 110 valence electrons. The lowest BCUT2D eigenvalue weighted by molar-refractivity contribution is 0.301. The third kappa shape index (κ3) is 2.67. The smallest absolute Gasteiger partial charge is 0.255 e. The molecule has 0 amide bonds. The number of nitrogens with zero attached hydrogens (tertiary/aromatic N) is 2. The van der Waals surface area contributed by atoms with Gasteiger partial charge in [0, 0.05) is 49.4 Å². The maximum atomic E-state index is 12.7. The van der Waals surface area contributed by atoms with E-state index in [4.69, 9.17) is 0 Å². The molecule has 1 N–H and O–H groups in total. The van der Waals surface area contributed by atoms with Crippen LogP contribution in [0.1, 0.15) is 49.6 Å². The zero-order chi connectivity index (χ0) is 14.3. The second kappa shape index (κ2) is 5.34. The number of likely N-dealkylation sites (N-methyl/N-ethyl adjacent to an activating group) is 1. The standard InChI is InChI=1S/C16H25N3O/c1-11(2)19-15-6-7-18(3)10-13(15)8-12(16(19)20)9-17-14-4-5-14/h8,11,14,17H,4-7,9-10H2,1-3H3. The van der Waals surface area contributed by atoms with Crippen LogP contribution < -0.4 is 10.9 Å². The van der Waals surface area contributed by atoms with Gasteiger partial charge in [0.2, 0.25) is 0 Å². The van der Waals surface area contributed by atoms with Crippen molar-refractivity contribution >= 4 is 0 Å². The second-order valence-corrected chi connectivity index (χ2v) is 6.55. The number of rotatable bonds is 4. The minimum atomic E-state index is 0.205. The van der Waals surface area contributed by atoms with Crippen LogP contribution in [0.25, 0.3) is 0 Å². The summed E-state index contributed by atoms with van der Waals surface area (Å²) in [6.45, 7) is 6.93. The molecule has 1 aliphatic carbocycles. The van der Waals surface area contributed by atoms with E-state index in [1.807, 2.05) is 4.57 Å². The molecule has 0 spiro atoms. The second-order valence-electron chi connectivity index (χ2n) is 6.55. The molecule has 1 fully saturated rings. The Balaban J connectivity index is 1.99. The highest BCUT2D eigenvalue weighted by atomic mass is 16.1. The predicted octanol–water partition coefficient (Wildman–Crippen LogP) is 1.67. The van der Waals surface area contributed by atoms with Crippen LogP contribution in [0.5, 0.6) is 0 Å². The molecule has 0 unspecified atom stereocenters. The van der Waals surface area contributed by atoms with Crippen LogP contribution in [0.3, 0.4) is 0 Å². The van der Waals surface area contributed by atoms with Gasteiger partial charge in [0.1, 0.15) is 0 Å². The van der Waals surface area contributed by atoms with Gasteiger partial charge in [-0.25, -0.2) is 0 Å². The molecule has 1 saturated carbocycles. The summed E-state index contributed by atoms with van der Waals surface area (Å²) >= 11 is 0. The Bertz CT molecular complexity index is 558. The molecule has 2 heterocycles. The summed E-state index contributed by atoms with van der Waals surface area (Å²) in [5, 5.41) is 3.47. The van der Waals surface area contributed by atoms with Gasteiger partial charge in [0.05, 0.1) is 0 Å². The van der Waals surface area contributed by atoms with Crippen molar-refractivity contribution in [3.8, 4) is 0 Å². The number of pyridine rings is 1. The van der Waals surface area contributed by atoms with Gasteiger partial charge in [-0.15, -0.1) is 0 Å². The highest BCUT2D eigenvalue weighted by molar-refractivity contribution is 5.29. The SMILES string of the molecule is CC(C)n1c2c(cc(CNC3CC3)c1=O)CN(C)CC2. The van der Waals surface area contributed by atoms with Gasteiger partial charge in [-0.1, -0.05) is 0 Å². The first kappa shape index (κ1) is 13.8. The summed E-state index contributed by atoms with van der Waals surface area (Å²) in [4.78, 5) is 15.0. The number of aromatic nitrogens is 1. The van der Waals surface area contributed by atoms with Gasteiger partial charge >= 0.3 is 0 Å². The molecule has 1 aliphatic heterocycles. The van der Waals surface area contributed by atoms with Crippen LogP contribution in [-0.4, -0.2) is 29.1 Å². The fourth-order valence-electron chi connectivity index (χ4n) is 3.09. The van der Waals surface area contributed by atoms with Crippen LogP contribution in [0.4, 0.5) is 0 Å². The van der Waals surface area contributed by atoms with Gasteiger partial charge < -0.3 is 14.8 Å². The Morgan fingerprint density at radius 2 is 2.15 bits per heavy atom. The minimum Gasteiger partial charge on any atom is -0.310 e. The Labute approximate surface area is 120 Å². The Kier molecular flexibility index (Phi) is 3.69. The molecule has 1 aromatic rings. The summed E-state index contributed by atoms with van der Waals surface area (Å²) in [5.74, 6) is 0. The van der Waals surface area contributed by atoms with Gasteiger partial charge in [-0.2, -0.15) is 0 Å². The number of fused-ring (bicyclic) bond motifs is 1. The zero-order valence-corrected chi connectivity index (χ0v) is 12.8. The molecular formula is C16H25N3O. The number of nitrogens with one attached hydrogen (secondary N) is 1. The molecule has 0 radical (unpaired) electrons. The fraction of sp³-hybridized carbons (Fsp3) is 0.688. The van der Waals surface area contributed by atoms with Crippen LogP contribution in [0, 0.1) is 0 Å². The molecule has 4 nitrogen and oxygen atoms in total. The molecule has 0 saturated heterocycles. The van der Waals surface area contributed by atoms with E-state index in [0.29, 0.717) is 12.6 Å². The average molecular weight is 275 g/mol. The van der Waals surface area contributed by atoms with Gasteiger partial charge in [-0.3, -0.25) is 4.79 Å². The van der Waals surface area contributed by atoms with E-state index in [0.717, 1.165) is 25.1 Å². The van der Waals surface area contributed by atoms with Crippen molar-refractivity contribution in [3.63, 3.8) is 0 Å². The van der Waals surface area contributed by atoms with Crippen LogP contribution in [0.2, 0.25) is 0 Å². The lowest BCUT2D eigenvalue weighted by Gasteiger charge is -2.29. The van der Waals surface area contributed by atoms with Crippen LogP contribution >= 0.6 is 0 Å². The summed E-state index contributed by atoms with van der Waals surface area (Å²) in [5.41, 5.74) is 3.72. The lowest BCUT2D eigenvalue weighted by atomic mass is 10.0. The average Bonchev–Trinajstić information content (AvgIpc) is 3.20. The molecule has 1 aromatic heterocycles. The first-order valence-electron chi connectivity index (χ1n) is 7.74. The van der Waals surface area contributed by atoms with Gasteiger partial charge in [0.15, 0.2) is 0 Å². The zero-order valence-electron chi connectivity index (χ0n) is 12.8. The van der Waals surface area contributed by atoms with Crippen molar-refractivity contribution < 1.29 is 0 Å². The lowest BCUT2D eigenvalue weighted by Crippen LogP contribution is -2.37. The molecule has 2 aliphatic rings. The molecule has 0 bridgehead atoms. The van der Waals surface area contributed by atoms with E-state index in [9.17, 15) is 4.79 Å². The Morgan fingerprint density at radius 1 is 1.40 bits per heavy atom. The topological polar surface area (TPSA) is 37.3 Å². The van der Waals surface area contributed by atoms with E-state index in [1.165, 1.54) is 24.1 Å². The van der Waals surface area contributed by atoms with E-state index < -0.39 is 0 Å². The molecule has 0 aromatic carbocycles. The van der Waals surface area contributed by atoms with Crippen molar-refractivity contribution in [3.05, 3.63) is 33.2 Å². The van der Waals surface area contributed by atoms with Crippen molar-refractivity contribution in [1.82, 2.24) is 14.8 Å². The largest absolute Gasteiger partial charge is 0.310 e. The van der Waals surface area contributed by atoms with E-state index >= 15 is 0 Å². The fourth-order valence-corrected chi connectivity index (χ4v) is 3.09. The molecule has 3 rings (SSSR count). The van der Waals surface area contributed by atoms with Gasteiger partial charge in [-0.05, 0) is 45.4 Å². The first-order valence-corrected chi connectivity index (χ1v) is 7.74. The van der Waals surface area contributed by atoms with Crippen LogP contribution in [0.15, 0.2) is 10.9 Å².